The molecule has 1 heterocycles. The van der Waals surface area contributed by atoms with E-state index in [4.69, 9.17) is 4.74 Å². The molecule has 15 heavy (non-hydrogen) atoms. The van der Waals surface area contributed by atoms with Crippen LogP contribution in [0.3, 0.4) is 0 Å². The van der Waals surface area contributed by atoms with E-state index >= 15 is 0 Å². The zero-order valence-corrected chi connectivity index (χ0v) is 9.97. The van der Waals surface area contributed by atoms with Crippen LogP contribution in [-0.2, 0) is 4.74 Å². The molecule has 2 bridgehead atoms. The second-order valence-corrected chi connectivity index (χ2v) is 6.30. The van der Waals surface area contributed by atoms with E-state index in [9.17, 15) is 0 Å². The van der Waals surface area contributed by atoms with Crippen molar-refractivity contribution in [2.24, 2.45) is 17.3 Å². The predicted molar refractivity (Wildman–Crippen MR) is 60.4 cm³/mol. The Hall–Kier alpha value is -0.500. The van der Waals surface area contributed by atoms with Crippen LogP contribution in [0.5, 0.6) is 0 Å². The second-order valence-electron chi connectivity index (χ2n) is 6.30. The van der Waals surface area contributed by atoms with Crippen LogP contribution < -0.4 is 5.32 Å². The molecule has 2 heteroatoms. The third-order valence-corrected chi connectivity index (χ3v) is 4.78. The Morgan fingerprint density at radius 3 is 2.53 bits per heavy atom. The Kier molecular flexibility index (Phi) is 1.80. The average molecular weight is 207 g/mol. The molecule has 0 aromatic carbocycles. The lowest BCUT2D eigenvalue weighted by Gasteiger charge is -2.57. The first-order chi connectivity index (χ1) is 7.01. The summed E-state index contributed by atoms with van der Waals surface area (Å²) in [6.07, 6.45) is 4.92. The Morgan fingerprint density at radius 2 is 2.07 bits per heavy atom. The van der Waals surface area contributed by atoms with Gasteiger partial charge in [-0.2, -0.15) is 0 Å². The van der Waals surface area contributed by atoms with Crippen LogP contribution in [-0.4, -0.2) is 18.7 Å². The van der Waals surface area contributed by atoms with E-state index in [1.165, 1.54) is 18.6 Å². The highest BCUT2D eigenvalue weighted by Crippen LogP contribution is 2.59. The molecule has 0 amide bonds. The van der Waals surface area contributed by atoms with Crippen LogP contribution in [0.25, 0.3) is 0 Å². The topological polar surface area (TPSA) is 21.3 Å². The van der Waals surface area contributed by atoms with Crippen molar-refractivity contribution >= 4 is 0 Å². The molecule has 0 spiro atoms. The van der Waals surface area contributed by atoms with Gasteiger partial charge in [0, 0.05) is 19.0 Å². The predicted octanol–water partition coefficient (Wildman–Crippen LogP) is 2.31. The number of rotatable bonds is 2. The van der Waals surface area contributed by atoms with Crippen LogP contribution >= 0.6 is 0 Å². The molecule has 1 saturated heterocycles. The lowest BCUT2D eigenvalue weighted by molar-refractivity contribution is -0.101. The van der Waals surface area contributed by atoms with Gasteiger partial charge in [0.2, 0.25) is 0 Å². The van der Waals surface area contributed by atoms with Crippen LogP contribution in [0, 0.1) is 17.3 Å². The zero-order chi connectivity index (χ0) is 10.7. The van der Waals surface area contributed by atoms with Crippen LogP contribution in [0.2, 0.25) is 0 Å². The summed E-state index contributed by atoms with van der Waals surface area (Å²) in [4.78, 5) is 0. The molecule has 0 aromatic heterocycles. The van der Waals surface area contributed by atoms with Gasteiger partial charge in [0.1, 0.15) is 5.60 Å². The van der Waals surface area contributed by atoms with E-state index in [0.717, 1.165) is 19.0 Å². The number of nitrogens with one attached hydrogen (secondary N) is 1. The molecular formula is C13H21NO. The summed E-state index contributed by atoms with van der Waals surface area (Å²) in [5, 5.41) is 3.29. The quantitative estimate of drug-likeness (QED) is 0.750. The number of fused-ring (bicyclic) bond motifs is 1. The Morgan fingerprint density at radius 1 is 1.33 bits per heavy atom. The van der Waals surface area contributed by atoms with Gasteiger partial charge in [-0.1, -0.05) is 13.8 Å². The number of allylic oxidation sites excluding steroid dienone is 2. The Balaban J connectivity index is 1.74. The molecule has 1 saturated carbocycles. The fourth-order valence-electron chi connectivity index (χ4n) is 3.25. The van der Waals surface area contributed by atoms with Crippen LogP contribution in [0.1, 0.15) is 33.6 Å². The van der Waals surface area contributed by atoms with Crippen molar-refractivity contribution in [1.82, 2.24) is 5.32 Å². The van der Waals surface area contributed by atoms with E-state index in [-0.39, 0.29) is 5.60 Å². The molecular weight excluding hydrogens is 186 g/mol. The maximum atomic E-state index is 6.20. The highest BCUT2D eigenvalue weighted by atomic mass is 16.5. The van der Waals surface area contributed by atoms with Gasteiger partial charge >= 0.3 is 0 Å². The highest BCUT2D eigenvalue weighted by molar-refractivity contribution is 5.20. The fraction of sp³-hybridized carbons (Fsp3) is 0.846. The van der Waals surface area contributed by atoms with Crippen LogP contribution in [0.15, 0.2) is 11.8 Å². The van der Waals surface area contributed by atoms with Gasteiger partial charge in [-0.15, -0.1) is 0 Å². The van der Waals surface area contributed by atoms with Gasteiger partial charge in [0.15, 0.2) is 0 Å². The van der Waals surface area contributed by atoms with E-state index < -0.39 is 0 Å². The molecule has 2 atom stereocenters. The normalized spacial score (nSPS) is 39.8. The van der Waals surface area contributed by atoms with E-state index in [1.807, 2.05) is 0 Å². The van der Waals surface area contributed by atoms with Gasteiger partial charge in [-0.25, -0.2) is 0 Å². The molecule has 4 rings (SSSR count). The smallest absolute Gasteiger partial charge is 0.130 e. The van der Waals surface area contributed by atoms with Crippen molar-refractivity contribution in [1.29, 1.82) is 0 Å². The number of ether oxygens (including phenoxy) is 1. The van der Waals surface area contributed by atoms with Crippen LogP contribution in [0.4, 0.5) is 0 Å². The summed E-state index contributed by atoms with van der Waals surface area (Å²) in [7, 11) is 0. The van der Waals surface area contributed by atoms with Crippen molar-refractivity contribution in [2.45, 2.75) is 39.2 Å². The molecule has 2 fully saturated rings. The average Bonchev–Trinajstić information content (AvgIpc) is 2.15. The van der Waals surface area contributed by atoms with Crippen molar-refractivity contribution in [3.63, 3.8) is 0 Å². The van der Waals surface area contributed by atoms with Crippen molar-refractivity contribution < 1.29 is 4.74 Å². The molecule has 0 aromatic rings. The minimum atomic E-state index is 0.0737. The molecule has 1 N–H and O–H groups in total. The summed E-state index contributed by atoms with van der Waals surface area (Å²) < 4.78 is 6.20. The van der Waals surface area contributed by atoms with Gasteiger partial charge in [-0.3, -0.25) is 0 Å². The van der Waals surface area contributed by atoms with Gasteiger partial charge in [0.25, 0.3) is 0 Å². The number of hydrogen-bond acceptors (Lipinski definition) is 2. The molecule has 2 nitrogen and oxygen atoms in total. The molecule has 3 aliphatic carbocycles. The third kappa shape index (κ3) is 1.27. The minimum Gasteiger partial charge on any atom is -0.489 e. The van der Waals surface area contributed by atoms with Crippen molar-refractivity contribution in [3.8, 4) is 0 Å². The van der Waals surface area contributed by atoms with Crippen molar-refractivity contribution in [2.75, 3.05) is 13.1 Å². The summed E-state index contributed by atoms with van der Waals surface area (Å²) in [6.45, 7) is 9.00. The summed E-state index contributed by atoms with van der Waals surface area (Å²) >= 11 is 0. The lowest BCUT2D eigenvalue weighted by atomic mass is 9.50. The van der Waals surface area contributed by atoms with Gasteiger partial charge < -0.3 is 10.1 Å². The standard InChI is InChI=1S/C13H21NO/c1-12(2)9-4-5-11(10(12)6-9)15-13(3)7-14-8-13/h5,9-10,14H,4,6-8H2,1-3H3. The zero-order valence-electron chi connectivity index (χ0n) is 9.97. The van der Waals surface area contributed by atoms with Crippen molar-refractivity contribution in [3.05, 3.63) is 11.8 Å². The summed E-state index contributed by atoms with van der Waals surface area (Å²) in [5.74, 6) is 2.88. The third-order valence-electron chi connectivity index (χ3n) is 4.78. The van der Waals surface area contributed by atoms with Gasteiger partial charge in [0.05, 0.1) is 5.76 Å². The first kappa shape index (κ1) is 9.71. The maximum absolute atomic E-state index is 6.20. The Labute approximate surface area is 92.1 Å². The number of hydrogen-bond donors (Lipinski definition) is 1. The molecule has 4 aliphatic rings. The SMILES string of the molecule is CC1(OC2=CCC3CC2C3(C)C)CNC1. The minimum absolute atomic E-state index is 0.0737. The Bertz CT molecular complexity index is 314. The molecule has 84 valence electrons. The molecule has 1 aliphatic heterocycles. The summed E-state index contributed by atoms with van der Waals surface area (Å²) in [6, 6.07) is 0. The monoisotopic (exact) mass is 207 g/mol. The van der Waals surface area contributed by atoms with Gasteiger partial charge in [-0.05, 0) is 37.2 Å². The fourth-order valence-corrected chi connectivity index (χ4v) is 3.25. The molecule has 2 unspecified atom stereocenters. The highest BCUT2D eigenvalue weighted by Gasteiger charge is 2.53. The van der Waals surface area contributed by atoms with E-state index in [1.54, 1.807) is 0 Å². The second kappa shape index (κ2) is 2.79. The lowest BCUT2D eigenvalue weighted by Crippen LogP contribution is -2.60. The first-order valence-corrected chi connectivity index (χ1v) is 6.11. The maximum Gasteiger partial charge on any atom is 0.130 e. The first-order valence-electron chi connectivity index (χ1n) is 6.11. The van der Waals surface area contributed by atoms with E-state index in [2.05, 4.69) is 32.2 Å². The summed E-state index contributed by atoms with van der Waals surface area (Å²) in [5.41, 5.74) is 0.557. The largest absolute Gasteiger partial charge is 0.489 e. The molecule has 0 radical (unpaired) electrons. The van der Waals surface area contributed by atoms with E-state index in [0.29, 0.717) is 11.3 Å².